The van der Waals surface area contributed by atoms with Crippen LogP contribution in [0.1, 0.15) is 12.8 Å². The Bertz CT molecular complexity index is 1200. The van der Waals surface area contributed by atoms with Gasteiger partial charge in [0.05, 0.1) is 17.4 Å². The van der Waals surface area contributed by atoms with E-state index in [1.165, 1.54) is 0 Å². The van der Waals surface area contributed by atoms with Crippen LogP contribution in [0.2, 0.25) is 5.02 Å². The Morgan fingerprint density at radius 2 is 1.56 bits per heavy atom. The average Bonchev–Trinajstić information content (AvgIpc) is 2.74. The second-order valence-electron chi connectivity index (χ2n) is 7.43. The number of nitrogens with two attached hydrogens (primary N) is 1. The van der Waals surface area contributed by atoms with E-state index in [4.69, 9.17) is 16.7 Å². The van der Waals surface area contributed by atoms with Crippen LogP contribution >= 0.6 is 11.6 Å². The molecule has 0 bridgehead atoms. The number of fused-ring (bicyclic) bond motifs is 1. The van der Waals surface area contributed by atoms with Gasteiger partial charge >= 0.3 is 0 Å². The minimum atomic E-state index is -4.36. The Hall–Kier alpha value is -3.27. The third-order valence-corrected chi connectivity index (χ3v) is 8.21. The Morgan fingerprint density at radius 1 is 1.06 bits per heavy atom. The van der Waals surface area contributed by atoms with Gasteiger partial charge in [-0.05, 0) is 25.0 Å². The monoisotopic (exact) mass is 578 g/mol. The van der Waals surface area contributed by atoms with Crippen molar-refractivity contribution in [2.75, 3.05) is 38.4 Å². The molecule has 3 N–H and O–H groups in total. The first kappa shape index (κ1) is 29.0. The van der Waals surface area contributed by atoms with Crippen LogP contribution < -0.4 is 10.5 Å². The second-order valence-corrected chi connectivity index (χ2v) is 11.3. The van der Waals surface area contributed by atoms with Gasteiger partial charge in [-0.2, -0.15) is 4.31 Å². The van der Waals surface area contributed by atoms with Crippen molar-refractivity contribution in [3.63, 3.8) is 0 Å². The summed E-state index contributed by atoms with van der Waals surface area (Å²) in [7, 11) is -8.66. The molecule has 0 radical (unpaired) electrons. The standard InChI is InChI=1S/C14H19ClN6O13S2/c15-10-4-11-13(5-12(10)35(16,28)29)36(30,31)18(9-17-11)3-1-2-14(6-32-19(22)23,7-33-20(24)25)8-34-21(26)27/h4-5,17H,1-3,6-9H2,(H2,16,28,29). The minimum Gasteiger partial charge on any atom is -0.370 e. The fraction of sp³-hybridized carbons (Fsp3) is 0.571. The highest BCUT2D eigenvalue weighted by molar-refractivity contribution is 7.90. The van der Waals surface area contributed by atoms with Crippen LogP contribution in [0, 0.1) is 35.8 Å². The number of hydrogen-bond acceptors (Lipinski definition) is 14. The number of benzene rings is 1. The number of sulfonamides is 2. The molecule has 0 aromatic heterocycles. The molecule has 22 heteroatoms. The lowest BCUT2D eigenvalue weighted by molar-refractivity contribution is -0.782. The molecule has 0 saturated heterocycles. The maximum Gasteiger partial charge on any atom is 0.294 e. The zero-order valence-electron chi connectivity index (χ0n) is 18.0. The van der Waals surface area contributed by atoms with E-state index >= 15 is 0 Å². The quantitative estimate of drug-likeness (QED) is 0.213. The van der Waals surface area contributed by atoms with Gasteiger partial charge in [0.1, 0.15) is 29.6 Å². The summed E-state index contributed by atoms with van der Waals surface area (Å²) in [4.78, 5) is 43.6. The van der Waals surface area contributed by atoms with E-state index in [-0.39, 0.29) is 36.8 Å². The Balaban J connectivity index is 2.26. The maximum atomic E-state index is 13.1. The summed E-state index contributed by atoms with van der Waals surface area (Å²) < 4.78 is 50.5. The predicted molar refractivity (Wildman–Crippen MR) is 116 cm³/mol. The van der Waals surface area contributed by atoms with Crippen molar-refractivity contribution in [3.05, 3.63) is 47.5 Å². The SMILES string of the molecule is NS(=O)(=O)c1cc2c(cc1Cl)NCN(CCCC(CO[N+](=O)[O-])(CO[N+](=O)[O-])CO[N+](=O)[O-])S2(=O)=O. The zero-order chi connectivity index (χ0) is 27.3. The molecule has 1 aliphatic heterocycles. The Morgan fingerprint density at radius 3 is 2.00 bits per heavy atom. The number of halogens is 1. The predicted octanol–water partition coefficient (Wildman–Crippen LogP) is -0.247. The first-order valence-electron chi connectivity index (χ1n) is 9.50. The van der Waals surface area contributed by atoms with Crippen LogP contribution in [-0.4, -0.2) is 69.4 Å². The largest absolute Gasteiger partial charge is 0.370 e. The van der Waals surface area contributed by atoms with E-state index in [0.717, 1.165) is 16.4 Å². The molecule has 1 aliphatic rings. The summed E-state index contributed by atoms with van der Waals surface area (Å²) >= 11 is 5.88. The van der Waals surface area contributed by atoms with E-state index in [0.29, 0.717) is 0 Å². The highest BCUT2D eigenvalue weighted by Crippen LogP contribution is 2.36. The summed E-state index contributed by atoms with van der Waals surface area (Å²) in [5.74, 6) is 0. The van der Waals surface area contributed by atoms with Crippen LogP contribution in [0.25, 0.3) is 0 Å². The van der Waals surface area contributed by atoms with Crippen LogP contribution in [0.5, 0.6) is 0 Å². The van der Waals surface area contributed by atoms with Crippen molar-refractivity contribution >= 4 is 37.3 Å². The van der Waals surface area contributed by atoms with E-state index in [2.05, 4.69) is 19.8 Å². The molecule has 36 heavy (non-hydrogen) atoms. The fourth-order valence-electron chi connectivity index (χ4n) is 3.24. The lowest BCUT2D eigenvalue weighted by Gasteiger charge is -2.33. The molecule has 2 rings (SSSR count). The normalized spacial score (nSPS) is 15.3. The zero-order valence-corrected chi connectivity index (χ0v) is 20.4. The van der Waals surface area contributed by atoms with Gasteiger partial charge in [-0.3, -0.25) is 0 Å². The fourth-order valence-corrected chi connectivity index (χ4v) is 5.97. The molecule has 0 unspecified atom stereocenters. The number of nitrogens with one attached hydrogen (secondary N) is 1. The molecule has 0 spiro atoms. The number of anilines is 1. The van der Waals surface area contributed by atoms with E-state index in [1.807, 2.05) is 0 Å². The van der Waals surface area contributed by atoms with Gasteiger partial charge in [-0.25, -0.2) is 22.0 Å². The summed E-state index contributed by atoms with van der Waals surface area (Å²) in [6, 6.07) is 1.86. The molecule has 202 valence electrons. The summed E-state index contributed by atoms with van der Waals surface area (Å²) in [6.45, 7) is -3.29. The van der Waals surface area contributed by atoms with Crippen LogP contribution in [0.4, 0.5) is 5.69 Å². The molecule has 0 saturated carbocycles. The maximum absolute atomic E-state index is 13.1. The minimum absolute atomic E-state index is 0.0103. The number of nitrogens with zero attached hydrogens (tertiary/aromatic N) is 4. The number of primary sulfonamides is 1. The molecule has 0 aliphatic carbocycles. The average molecular weight is 579 g/mol. The van der Waals surface area contributed by atoms with Gasteiger partial charge < -0.3 is 19.8 Å². The summed E-state index contributed by atoms with van der Waals surface area (Å²) in [5.41, 5.74) is -1.77. The lowest BCUT2D eigenvalue weighted by Crippen LogP contribution is -2.43. The molecule has 0 atom stereocenters. The molecule has 1 aromatic carbocycles. The third-order valence-electron chi connectivity index (χ3n) is 4.95. The van der Waals surface area contributed by atoms with Crippen molar-refractivity contribution in [1.82, 2.24) is 4.31 Å². The Kier molecular flexibility index (Phi) is 9.01. The highest BCUT2D eigenvalue weighted by Gasteiger charge is 2.37. The van der Waals surface area contributed by atoms with Crippen molar-refractivity contribution in [2.45, 2.75) is 22.6 Å². The third kappa shape index (κ3) is 7.36. The topological polar surface area (TPSA) is 267 Å². The van der Waals surface area contributed by atoms with E-state index in [9.17, 15) is 47.2 Å². The molecular weight excluding hydrogens is 560 g/mol. The van der Waals surface area contributed by atoms with Gasteiger partial charge in [0, 0.05) is 12.0 Å². The van der Waals surface area contributed by atoms with Crippen molar-refractivity contribution < 1.29 is 46.6 Å². The number of rotatable bonds is 14. The van der Waals surface area contributed by atoms with Crippen LogP contribution in [-0.2, 0) is 34.6 Å². The highest BCUT2D eigenvalue weighted by atomic mass is 35.5. The Labute approximate surface area is 207 Å². The smallest absolute Gasteiger partial charge is 0.294 e. The molecule has 19 nitrogen and oxygen atoms in total. The van der Waals surface area contributed by atoms with Gasteiger partial charge in [0.15, 0.2) is 0 Å². The summed E-state index contributed by atoms with van der Waals surface area (Å²) in [6.07, 6.45) is -0.473. The van der Waals surface area contributed by atoms with Crippen molar-refractivity contribution in [3.8, 4) is 0 Å². The summed E-state index contributed by atoms with van der Waals surface area (Å²) in [5, 5.41) is 35.8. The molecular formula is C14H19ClN6O13S2. The van der Waals surface area contributed by atoms with Gasteiger partial charge in [0.25, 0.3) is 15.3 Å². The van der Waals surface area contributed by atoms with Crippen molar-refractivity contribution in [1.29, 1.82) is 0 Å². The van der Waals surface area contributed by atoms with E-state index in [1.54, 1.807) is 0 Å². The van der Waals surface area contributed by atoms with E-state index < -0.39 is 70.3 Å². The molecule has 1 aromatic rings. The van der Waals surface area contributed by atoms with Gasteiger partial charge in [0.2, 0.25) is 20.0 Å². The van der Waals surface area contributed by atoms with Crippen LogP contribution in [0.3, 0.4) is 0 Å². The van der Waals surface area contributed by atoms with Crippen molar-refractivity contribution in [2.24, 2.45) is 10.6 Å². The number of hydrogen-bond donors (Lipinski definition) is 2. The molecule has 0 amide bonds. The molecule has 1 heterocycles. The second kappa shape index (κ2) is 11.2. The first-order chi connectivity index (χ1) is 16.6. The van der Waals surface area contributed by atoms with Crippen LogP contribution in [0.15, 0.2) is 21.9 Å². The van der Waals surface area contributed by atoms with Gasteiger partial charge in [-0.15, -0.1) is 30.3 Å². The van der Waals surface area contributed by atoms with Gasteiger partial charge in [-0.1, -0.05) is 11.6 Å². The first-order valence-corrected chi connectivity index (χ1v) is 12.9. The lowest BCUT2D eigenvalue weighted by atomic mass is 9.85. The molecule has 0 fully saturated rings.